The lowest BCUT2D eigenvalue weighted by atomic mass is 10.1. The fourth-order valence-corrected chi connectivity index (χ4v) is 2.88. The van der Waals surface area contributed by atoms with Gasteiger partial charge in [-0.3, -0.25) is 9.59 Å². The molecule has 1 aliphatic rings. The van der Waals surface area contributed by atoms with Crippen LogP contribution in [0.3, 0.4) is 0 Å². The SMILES string of the molecule is O=C(NCc1cccc(C(F)(F)F)c1)[C@H]1CC(=O)N(Cc2ccco2)C1. The molecule has 0 aliphatic carbocycles. The molecule has 0 unspecified atom stereocenters. The highest BCUT2D eigenvalue weighted by Crippen LogP contribution is 2.29. The number of nitrogens with one attached hydrogen (secondary N) is 1. The molecule has 1 aliphatic heterocycles. The van der Waals surface area contributed by atoms with Crippen molar-refractivity contribution in [1.82, 2.24) is 10.2 Å². The minimum absolute atomic E-state index is 0.0222. The number of likely N-dealkylation sites (tertiary alicyclic amines) is 1. The Hall–Kier alpha value is -2.77. The van der Waals surface area contributed by atoms with Crippen molar-refractivity contribution in [2.75, 3.05) is 6.54 Å². The molecule has 2 amide bonds. The van der Waals surface area contributed by atoms with Crippen molar-refractivity contribution in [3.8, 4) is 0 Å². The van der Waals surface area contributed by atoms with Gasteiger partial charge in [0.05, 0.1) is 24.3 Å². The zero-order valence-electron chi connectivity index (χ0n) is 13.8. The minimum atomic E-state index is -4.43. The van der Waals surface area contributed by atoms with Crippen molar-refractivity contribution in [2.24, 2.45) is 5.92 Å². The smallest absolute Gasteiger partial charge is 0.416 e. The van der Waals surface area contributed by atoms with Crippen molar-refractivity contribution >= 4 is 11.8 Å². The molecule has 5 nitrogen and oxygen atoms in total. The summed E-state index contributed by atoms with van der Waals surface area (Å²) in [5, 5.41) is 2.61. The summed E-state index contributed by atoms with van der Waals surface area (Å²) in [6, 6.07) is 8.26. The maximum absolute atomic E-state index is 12.7. The molecule has 0 bridgehead atoms. The van der Waals surface area contributed by atoms with E-state index in [2.05, 4.69) is 5.32 Å². The minimum Gasteiger partial charge on any atom is -0.467 e. The summed E-state index contributed by atoms with van der Waals surface area (Å²) in [6.45, 7) is 0.531. The molecular formula is C18H17F3N2O3. The summed E-state index contributed by atoms with van der Waals surface area (Å²) in [4.78, 5) is 25.8. The van der Waals surface area contributed by atoms with Crippen LogP contribution >= 0.6 is 0 Å². The van der Waals surface area contributed by atoms with E-state index in [1.54, 1.807) is 12.1 Å². The number of rotatable bonds is 5. The van der Waals surface area contributed by atoms with Gasteiger partial charge in [-0.1, -0.05) is 12.1 Å². The van der Waals surface area contributed by atoms with Crippen molar-refractivity contribution in [1.29, 1.82) is 0 Å². The van der Waals surface area contributed by atoms with Gasteiger partial charge in [-0.2, -0.15) is 13.2 Å². The van der Waals surface area contributed by atoms with Gasteiger partial charge in [-0.15, -0.1) is 0 Å². The van der Waals surface area contributed by atoms with E-state index in [0.717, 1.165) is 12.1 Å². The average Bonchev–Trinajstić information content (AvgIpc) is 3.23. The molecule has 1 saturated heterocycles. The lowest BCUT2D eigenvalue weighted by molar-refractivity contribution is -0.137. The number of hydrogen-bond acceptors (Lipinski definition) is 3. The third kappa shape index (κ3) is 4.25. The number of halogens is 3. The number of alkyl halides is 3. The first kappa shape index (κ1) is 18.0. The molecule has 1 aromatic carbocycles. The molecule has 26 heavy (non-hydrogen) atoms. The number of carbonyl (C=O) groups excluding carboxylic acids is 2. The third-order valence-electron chi connectivity index (χ3n) is 4.23. The van der Waals surface area contributed by atoms with Gasteiger partial charge >= 0.3 is 6.18 Å². The van der Waals surface area contributed by atoms with Crippen LogP contribution in [0.1, 0.15) is 23.3 Å². The lowest BCUT2D eigenvalue weighted by Gasteiger charge is -2.15. The summed E-state index contributed by atoms with van der Waals surface area (Å²) in [5.74, 6) is -0.398. The Morgan fingerprint density at radius 2 is 2.08 bits per heavy atom. The molecule has 8 heteroatoms. The van der Waals surface area contributed by atoms with Crippen molar-refractivity contribution in [3.63, 3.8) is 0 Å². The van der Waals surface area contributed by atoms with Crippen molar-refractivity contribution in [3.05, 3.63) is 59.5 Å². The van der Waals surface area contributed by atoms with E-state index >= 15 is 0 Å². The fourth-order valence-electron chi connectivity index (χ4n) is 2.88. The van der Waals surface area contributed by atoms with Gasteiger partial charge in [0.15, 0.2) is 0 Å². The van der Waals surface area contributed by atoms with Crippen LogP contribution < -0.4 is 5.32 Å². The first-order chi connectivity index (χ1) is 12.3. The fraction of sp³-hybridized carbons (Fsp3) is 0.333. The zero-order chi connectivity index (χ0) is 18.7. The van der Waals surface area contributed by atoms with E-state index in [1.807, 2.05) is 0 Å². The number of furan rings is 1. The van der Waals surface area contributed by atoms with E-state index in [9.17, 15) is 22.8 Å². The topological polar surface area (TPSA) is 62.6 Å². The van der Waals surface area contributed by atoms with Gasteiger partial charge in [0, 0.05) is 19.5 Å². The summed E-state index contributed by atoms with van der Waals surface area (Å²) < 4.78 is 43.3. The molecule has 3 rings (SSSR count). The molecule has 0 spiro atoms. The number of hydrogen-bond donors (Lipinski definition) is 1. The summed E-state index contributed by atoms with van der Waals surface area (Å²) in [5.41, 5.74) is -0.408. The van der Waals surface area contributed by atoms with Crippen LogP contribution in [-0.2, 0) is 28.9 Å². The Morgan fingerprint density at radius 3 is 2.77 bits per heavy atom. The third-order valence-corrected chi connectivity index (χ3v) is 4.23. The molecule has 1 atom stereocenters. The number of benzene rings is 1. The second kappa shape index (κ2) is 7.23. The number of amides is 2. The highest BCUT2D eigenvalue weighted by molar-refractivity contribution is 5.89. The summed E-state index contributed by atoms with van der Waals surface area (Å²) in [6.07, 6.45) is -2.84. The van der Waals surface area contributed by atoms with Crippen LogP contribution in [0.2, 0.25) is 0 Å². The van der Waals surface area contributed by atoms with Gasteiger partial charge in [-0.05, 0) is 29.8 Å². The van der Waals surface area contributed by atoms with Gasteiger partial charge in [-0.25, -0.2) is 0 Å². The molecule has 0 radical (unpaired) electrons. The first-order valence-electron chi connectivity index (χ1n) is 8.07. The molecule has 2 heterocycles. The van der Waals surface area contributed by atoms with Crippen LogP contribution in [0.15, 0.2) is 47.1 Å². The quantitative estimate of drug-likeness (QED) is 0.885. The molecule has 1 fully saturated rings. The van der Waals surface area contributed by atoms with E-state index in [-0.39, 0.29) is 31.3 Å². The number of nitrogens with zero attached hydrogens (tertiary/aromatic N) is 1. The molecule has 1 N–H and O–H groups in total. The van der Waals surface area contributed by atoms with E-state index in [4.69, 9.17) is 4.42 Å². The Bertz CT molecular complexity index is 787. The van der Waals surface area contributed by atoms with Gasteiger partial charge < -0.3 is 14.6 Å². The highest BCUT2D eigenvalue weighted by Gasteiger charge is 2.34. The van der Waals surface area contributed by atoms with Crippen molar-refractivity contribution < 1.29 is 27.2 Å². The second-order valence-corrected chi connectivity index (χ2v) is 6.17. The first-order valence-corrected chi connectivity index (χ1v) is 8.07. The lowest BCUT2D eigenvalue weighted by Crippen LogP contribution is -2.32. The second-order valence-electron chi connectivity index (χ2n) is 6.17. The van der Waals surface area contributed by atoms with Gasteiger partial charge in [0.1, 0.15) is 5.76 Å². The van der Waals surface area contributed by atoms with Crippen LogP contribution in [0.25, 0.3) is 0 Å². The highest BCUT2D eigenvalue weighted by atomic mass is 19.4. The van der Waals surface area contributed by atoms with Crippen LogP contribution in [-0.4, -0.2) is 23.3 Å². The Morgan fingerprint density at radius 1 is 1.27 bits per heavy atom. The monoisotopic (exact) mass is 366 g/mol. The predicted octanol–water partition coefficient (Wildman–Crippen LogP) is 2.96. The molecule has 2 aromatic rings. The molecular weight excluding hydrogens is 349 g/mol. The Balaban J connectivity index is 1.55. The molecule has 1 aromatic heterocycles. The van der Waals surface area contributed by atoms with Crippen LogP contribution in [0.4, 0.5) is 13.2 Å². The van der Waals surface area contributed by atoms with E-state index < -0.39 is 17.7 Å². The van der Waals surface area contributed by atoms with Gasteiger partial charge in [0.25, 0.3) is 0 Å². The normalized spacial score (nSPS) is 17.6. The van der Waals surface area contributed by atoms with Crippen molar-refractivity contribution in [2.45, 2.75) is 25.7 Å². The average molecular weight is 366 g/mol. The maximum Gasteiger partial charge on any atom is 0.416 e. The van der Waals surface area contributed by atoms with Gasteiger partial charge in [0.2, 0.25) is 11.8 Å². The molecule has 0 saturated carbocycles. The standard InChI is InChI=1S/C18H17F3N2O3/c19-18(20,21)14-4-1-3-12(7-14)9-22-17(25)13-8-16(24)23(10-13)11-15-5-2-6-26-15/h1-7,13H,8-11H2,(H,22,25)/t13-/m0/s1. The predicted molar refractivity (Wildman–Crippen MR) is 85.5 cm³/mol. The largest absolute Gasteiger partial charge is 0.467 e. The summed E-state index contributed by atoms with van der Waals surface area (Å²) >= 11 is 0. The van der Waals surface area contributed by atoms with Crippen LogP contribution in [0, 0.1) is 5.92 Å². The molecule has 138 valence electrons. The van der Waals surface area contributed by atoms with E-state index in [0.29, 0.717) is 17.9 Å². The maximum atomic E-state index is 12.7. The number of carbonyl (C=O) groups is 2. The Labute approximate surface area is 147 Å². The van der Waals surface area contributed by atoms with Crippen LogP contribution in [0.5, 0.6) is 0 Å². The van der Waals surface area contributed by atoms with E-state index in [1.165, 1.54) is 23.3 Å². The Kier molecular flexibility index (Phi) is 5.01. The summed E-state index contributed by atoms with van der Waals surface area (Å²) in [7, 11) is 0. The zero-order valence-corrected chi connectivity index (χ0v) is 13.8.